The van der Waals surface area contributed by atoms with Gasteiger partial charge in [0.05, 0.1) is 16.1 Å². The Hall–Kier alpha value is -3.18. The number of aromatic nitrogens is 1. The molecule has 0 fully saturated rings. The fourth-order valence-electron chi connectivity index (χ4n) is 3.80. The average molecular weight is 461 g/mol. The first-order chi connectivity index (χ1) is 15.0. The minimum Gasteiger partial charge on any atom is -0.233 e. The number of aryl methyl sites for hydroxylation is 1. The molecule has 0 aliphatic rings. The summed E-state index contributed by atoms with van der Waals surface area (Å²) >= 11 is 2.86. The first-order valence-electron chi connectivity index (χ1n) is 9.48. The number of benzene rings is 2. The lowest BCUT2D eigenvalue weighted by Crippen LogP contribution is -2.14. The van der Waals surface area contributed by atoms with Crippen LogP contribution in [-0.4, -0.2) is 12.4 Å². The second-order valence-corrected chi connectivity index (χ2v) is 10.6. The number of nitrogens with zero attached hydrogens (tertiary/aromatic N) is 2. The van der Waals surface area contributed by atoms with E-state index in [4.69, 9.17) is 0 Å². The fraction of sp³-hybridized carbons (Fsp3) is 0.0417. The largest absolute Gasteiger partial charge is 0.268 e. The van der Waals surface area contributed by atoms with Gasteiger partial charge in [0.1, 0.15) is 10.9 Å². The molecule has 4 nitrogen and oxygen atoms in total. The number of hydrogen-bond donors (Lipinski definition) is 0. The first-order valence-corrected chi connectivity index (χ1v) is 12.7. The summed E-state index contributed by atoms with van der Waals surface area (Å²) in [5.74, 6) is 0. The zero-order valence-corrected chi connectivity index (χ0v) is 18.9. The molecule has 0 atom stereocenters. The van der Waals surface area contributed by atoms with Gasteiger partial charge in [-0.3, -0.25) is 0 Å². The Morgan fingerprint density at radius 3 is 2.45 bits per heavy atom. The Morgan fingerprint density at radius 1 is 0.968 bits per heavy atom. The quantitative estimate of drug-likeness (QED) is 0.307. The van der Waals surface area contributed by atoms with Crippen molar-refractivity contribution in [1.82, 2.24) is 3.97 Å². The molecule has 0 aliphatic carbocycles. The molecule has 5 aromatic rings. The summed E-state index contributed by atoms with van der Waals surface area (Å²) in [5, 5.41) is 16.2. The van der Waals surface area contributed by atoms with Crippen LogP contribution in [0.15, 0.2) is 81.7 Å². The smallest absolute Gasteiger partial charge is 0.233 e. The monoisotopic (exact) mass is 460 g/mol. The van der Waals surface area contributed by atoms with Gasteiger partial charge >= 0.3 is 0 Å². The second-order valence-electron chi connectivity index (χ2n) is 7.11. The lowest BCUT2D eigenvalue weighted by molar-refractivity contribution is 0.589. The summed E-state index contributed by atoms with van der Waals surface area (Å²) in [6.07, 6.45) is 0. The van der Waals surface area contributed by atoms with Gasteiger partial charge in [-0.15, -0.1) is 11.3 Å². The van der Waals surface area contributed by atoms with Crippen molar-refractivity contribution >= 4 is 43.6 Å². The van der Waals surface area contributed by atoms with E-state index in [1.165, 1.54) is 26.6 Å². The lowest BCUT2D eigenvalue weighted by atomic mass is 10.0. The van der Waals surface area contributed by atoms with Crippen LogP contribution in [-0.2, 0) is 10.0 Å². The SMILES string of the molecule is Cc1ccc(S(=O)(=O)n2c(-c3ccsc3)c(-c3ccsc3C#N)c3ccccc32)cc1. The highest BCUT2D eigenvalue weighted by molar-refractivity contribution is 7.90. The molecular formula is C24H16N2O2S3. The zero-order valence-electron chi connectivity index (χ0n) is 16.4. The average Bonchev–Trinajstić information content (AvgIpc) is 3.51. The van der Waals surface area contributed by atoms with Crippen molar-refractivity contribution in [3.05, 3.63) is 87.2 Å². The van der Waals surface area contributed by atoms with E-state index in [9.17, 15) is 13.7 Å². The summed E-state index contributed by atoms with van der Waals surface area (Å²) in [4.78, 5) is 0.792. The van der Waals surface area contributed by atoms with Crippen molar-refractivity contribution in [2.45, 2.75) is 11.8 Å². The first kappa shape index (κ1) is 19.8. The molecule has 5 rings (SSSR count). The van der Waals surface area contributed by atoms with E-state index in [0.29, 0.717) is 16.1 Å². The van der Waals surface area contributed by atoms with Gasteiger partial charge in [0.25, 0.3) is 10.0 Å². The molecule has 0 saturated carbocycles. The summed E-state index contributed by atoms with van der Waals surface area (Å²) in [6.45, 7) is 1.93. The van der Waals surface area contributed by atoms with Gasteiger partial charge in [-0.2, -0.15) is 16.6 Å². The second kappa shape index (κ2) is 7.50. The standard InChI is InChI=1S/C24H16N2O2S3/c1-16-6-8-18(9-7-16)31(27,28)26-21-5-3-2-4-19(21)23(20-11-13-30-22(20)14-25)24(26)17-10-12-29-15-17/h2-13,15H,1H3. The normalized spacial score (nSPS) is 11.6. The summed E-state index contributed by atoms with van der Waals surface area (Å²) in [5.41, 5.74) is 4.49. The van der Waals surface area contributed by atoms with Crippen LogP contribution in [0, 0.1) is 18.3 Å². The van der Waals surface area contributed by atoms with Crippen LogP contribution >= 0.6 is 22.7 Å². The van der Waals surface area contributed by atoms with Crippen LogP contribution in [0.3, 0.4) is 0 Å². The molecule has 3 heterocycles. The number of rotatable bonds is 4. The summed E-state index contributed by atoms with van der Waals surface area (Å²) < 4.78 is 29.3. The minimum absolute atomic E-state index is 0.229. The number of hydrogen-bond acceptors (Lipinski definition) is 5. The Morgan fingerprint density at radius 2 is 1.74 bits per heavy atom. The molecule has 0 bridgehead atoms. The third-order valence-electron chi connectivity index (χ3n) is 5.22. The molecule has 0 spiro atoms. The number of thiophene rings is 2. The number of fused-ring (bicyclic) bond motifs is 1. The van der Waals surface area contributed by atoms with Crippen molar-refractivity contribution in [3.63, 3.8) is 0 Å². The lowest BCUT2D eigenvalue weighted by Gasteiger charge is -2.13. The molecular weight excluding hydrogens is 444 g/mol. The van der Waals surface area contributed by atoms with Gasteiger partial charge in [0, 0.05) is 27.5 Å². The number of nitriles is 1. The van der Waals surface area contributed by atoms with Crippen LogP contribution < -0.4 is 0 Å². The van der Waals surface area contributed by atoms with E-state index < -0.39 is 10.0 Å². The van der Waals surface area contributed by atoms with Crippen molar-refractivity contribution < 1.29 is 8.42 Å². The molecule has 0 amide bonds. The third kappa shape index (κ3) is 3.12. The molecule has 3 aromatic heterocycles. The zero-order chi connectivity index (χ0) is 21.6. The molecule has 31 heavy (non-hydrogen) atoms. The Balaban J connectivity index is 1.96. The predicted molar refractivity (Wildman–Crippen MR) is 127 cm³/mol. The Kier molecular flexibility index (Phi) is 4.78. The van der Waals surface area contributed by atoms with Crippen molar-refractivity contribution in [1.29, 1.82) is 5.26 Å². The highest BCUT2D eigenvalue weighted by Gasteiger charge is 2.29. The van der Waals surface area contributed by atoms with Crippen LogP contribution in [0.4, 0.5) is 0 Å². The van der Waals surface area contributed by atoms with E-state index >= 15 is 0 Å². The van der Waals surface area contributed by atoms with Crippen molar-refractivity contribution in [2.24, 2.45) is 0 Å². The molecule has 0 saturated heterocycles. The van der Waals surface area contributed by atoms with Gasteiger partial charge in [-0.25, -0.2) is 12.4 Å². The van der Waals surface area contributed by atoms with Gasteiger partial charge in [-0.05, 0) is 48.0 Å². The molecule has 7 heteroatoms. The number of para-hydroxylation sites is 1. The molecule has 2 aromatic carbocycles. The highest BCUT2D eigenvalue weighted by atomic mass is 32.2. The van der Waals surface area contributed by atoms with Gasteiger partial charge in [0.2, 0.25) is 0 Å². The summed E-state index contributed by atoms with van der Waals surface area (Å²) in [6, 6.07) is 20.4. The summed E-state index contributed by atoms with van der Waals surface area (Å²) in [7, 11) is -3.89. The van der Waals surface area contributed by atoms with E-state index in [2.05, 4.69) is 6.07 Å². The van der Waals surface area contributed by atoms with Crippen LogP contribution in [0.25, 0.3) is 33.3 Å². The van der Waals surface area contributed by atoms with E-state index in [1.807, 2.05) is 59.5 Å². The van der Waals surface area contributed by atoms with Crippen molar-refractivity contribution in [2.75, 3.05) is 0 Å². The Labute approximate surface area is 188 Å². The maximum atomic E-state index is 13.9. The maximum Gasteiger partial charge on any atom is 0.268 e. The van der Waals surface area contributed by atoms with E-state index in [0.717, 1.165) is 27.6 Å². The fourth-order valence-corrected chi connectivity index (χ4v) is 6.68. The molecule has 0 N–H and O–H groups in total. The Bertz CT molecular complexity index is 1550. The molecule has 152 valence electrons. The molecule has 0 aliphatic heterocycles. The van der Waals surface area contributed by atoms with Gasteiger partial charge in [-0.1, -0.05) is 35.9 Å². The third-order valence-corrected chi connectivity index (χ3v) is 8.45. The van der Waals surface area contributed by atoms with Gasteiger partial charge in [0.15, 0.2) is 0 Å². The molecule has 0 radical (unpaired) electrons. The van der Waals surface area contributed by atoms with Gasteiger partial charge < -0.3 is 0 Å². The van der Waals surface area contributed by atoms with Crippen molar-refractivity contribution in [3.8, 4) is 28.5 Å². The topological polar surface area (TPSA) is 62.9 Å². The van der Waals surface area contributed by atoms with E-state index in [-0.39, 0.29) is 4.90 Å². The predicted octanol–water partition coefficient (Wildman–Crippen LogP) is 6.52. The minimum atomic E-state index is -3.89. The maximum absolute atomic E-state index is 13.9. The van der Waals surface area contributed by atoms with E-state index in [1.54, 1.807) is 24.3 Å². The van der Waals surface area contributed by atoms with Crippen LogP contribution in [0.1, 0.15) is 10.4 Å². The molecule has 0 unspecified atom stereocenters. The highest BCUT2D eigenvalue weighted by Crippen LogP contribution is 2.45. The van der Waals surface area contributed by atoms with Crippen LogP contribution in [0.5, 0.6) is 0 Å². The van der Waals surface area contributed by atoms with Crippen LogP contribution in [0.2, 0.25) is 0 Å².